The van der Waals surface area contributed by atoms with Gasteiger partial charge in [-0.1, -0.05) is 0 Å². The molecule has 1 aromatic carbocycles. The van der Waals surface area contributed by atoms with Crippen LogP contribution in [0.4, 0.5) is 8.78 Å². The number of aromatic nitrogens is 1. The van der Waals surface area contributed by atoms with Gasteiger partial charge in [-0.2, -0.15) is 5.26 Å². The summed E-state index contributed by atoms with van der Waals surface area (Å²) in [6.45, 7) is 1.50. The lowest BCUT2D eigenvalue weighted by Crippen LogP contribution is -1.91. The molecule has 5 heteroatoms. The highest BCUT2D eigenvalue weighted by Crippen LogP contribution is 2.26. The van der Waals surface area contributed by atoms with Crippen LogP contribution in [0.3, 0.4) is 0 Å². The first-order valence-corrected chi connectivity index (χ1v) is 5.77. The van der Waals surface area contributed by atoms with E-state index in [1.165, 1.54) is 18.3 Å². The molecular formula is C12H8F2N2S. The van der Waals surface area contributed by atoms with Gasteiger partial charge in [0.1, 0.15) is 16.6 Å². The summed E-state index contributed by atoms with van der Waals surface area (Å²) in [6, 6.07) is 4.25. The van der Waals surface area contributed by atoms with Gasteiger partial charge in [0, 0.05) is 10.9 Å². The fourth-order valence-corrected chi connectivity index (χ4v) is 2.15. The Bertz CT molecular complexity index is 599. The van der Waals surface area contributed by atoms with Gasteiger partial charge in [-0.3, -0.25) is 0 Å². The lowest BCUT2D eigenvalue weighted by atomic mass is 10.1. The van der Waals surface area contributed by atoms with E-state index in [0.29, 0.717) is 10.7 Å². The molecule has 1 heterocycles. The molecule has 2 nitrogen and oxygen atoms in total. The van der Waals surface area contributed by atoms with Crippen molar-refractivity contribution < 1.29 is 8.78 Å². The Kier molecular flexibility index (Phi) is 3.16. The van der Waals surface area contributed by atoms with Crippen molar-refractivity contribution in [3.63, 3.8) is 0 Å². The maximum absolute atomic E-state index is 13.6. The molecular weight excluding hydrogens is 242 g/mol. The van der Waals surface area contributed by atoms with Crippen LogP contribution in [0, 0.1) is 29.9 Å². The second-order valence-electron chi connectivity index (χ2n) is 3.54. The zero-order chi connectivity index (χ0) is 12.4. The summed E-state index contributed by atoms with van der Waals surface area (Å²) < 4.78 is 27.0. The molecule has 0 atom stereocenters. The van der Waals surface area contributed by atoms with Crippen LogP contribution in [0.25, 0.3) is 11.3 Å². The van der Waals surface area contributed by atoms with E-state index in [-0.39, 0.29) is 17.5 Å². The minimum Gasteiger partial charge on any atom is -0.240 e. The first kappa shape index (κ1) is 11.7. The zero-order valence-electron chi connectivity index (χ0n) is 9.00. The number of rotatable bonds is 2. The first-order valence-electron chi connectivity index (χ1n) is 4.89. The molecule has 1 aromatic heterocycles. The number of halogens is 2. The molecule has 0 radical (unpaired) electrons. The summed E-state index contributed by atoms with van der Waals surface area (Å²) in [6.07, 6.45) is 0.181. The van der Waals surface area contributed by atoms with Gasteiger partial charge in [0.25, 0.3) is 0 Å². The highest BCUT2D eigenvalue weighted by molar-refractivity contribution is 7.10. The molecule has 0 saturated heterocycles. The van der Waals surface area contributed by atoms with Gasteiger partial charge < -0.3 is 0 Å². The summed E-state index contributed by atoms with van der Waals surface area (Å²) >= 11 is 1.26. The van der Waals surface area contributed by atoms with Crippen molar-refractivity contribution in [1.82, 2.24) is 4.98 Å². The van der Waals surface area contributed by atoms with Crippen molar-refractivity contribution in [3.05, 3.63) is 39.7 Å². The summed E-state index contributed by atoms with van der Waals surface area (Å²) in [5.74, 6) is -0.964. The average molecular weight is 250 g/mol. The van der Waals surface area contributed by atoms with Crippen LogP contribution >= 0.6 is 11.3 Å². The average Bonchev–Trinajstić information content (AvgIpc) is 2.72. The fraction of sp³-hybridized carbons (Fsp3) is 0.167. The molecule has 0 fully saturated rings. The van der Waals surface area contributed by atoms with Crippen molar-refractivity contribution >= 4 is 11.3 Å². The van der Waals surface area contributed by atoms with Crippen molar-refractivity contribution in [2.45, 2.75) is 13.3 Å². The van der Waals surface area contributed by atoms with Crippen LogP contribution in [0.2, 0.25) is 0 Å². The third kappa shape index (κ3) is 2.32. The molecule has 0 aliphatic heterocycles. The van der Waals surface area contributed by atoms with E-state index in [2.05, 4.69) is 4.98 Å². The highest BCUT2D eigenvalue weighted by atomic mass is 32.1. The summed E-state index contributed by atoms with van der Waals surface area (Å²) in [7, 11) is 0. The molecule has 0 bridgehead atoms. The summed E-state index contributed by atoms with van der Waals surface area (Å²) in [4.78, 5) is 4.09. The Morgan fingerprint density at radius 1 is 1.35 bits per heavy atom. The lowest BCUT2D eigenvalue weighted by Gasteiger charge is -2.02. The maximum Gasteiger partial charge on any atom is 0.133 e. The largest absolute Gasteiger partial charge is 0.240 e. The minimum atomic E-state index is -0.502. The van der Waals surface area contributed by atoms with E-state index in [1.807, 2.05) is 6.07 Å². The zero-order valence-corrected chi connectivity index (χ0v) is 9.81. The summed E-state index contributed by atoms with van der Waals surface area (Å²) in [5, 5.41) is 10.7. The normalized spacial score (nSPS) is 10.2. The number of hydrogen-bond acceptors (Lipinski definition) is 3. The summed E-state index contributed by atoms with van der Waals surface area (Å²) in [5.41, 5.74) is 0.768. The first-order chi connectivity index (χ1) is 8.11. The SMILES string of the molecule is Cc1cc(F)c(-c2csc(CC#N)n2)cc1F. The van der Waals surface area contributed by atoms with Crippen LogP contribution in [0.5, 0.6) is 0 Å². The maximum atomic E-state index is 13.6. The van der Waals surface area contributed by atoms with Crippen molar-refractivity contribution in [3.8, 4) is 17.3 Å². The number of nitrogens with zero attached hydrogens (tertiary/aromatic N) is 2. The molecule has 0 N–H and O–H groups in total. The van der Waals surface area contributed by atoms with E-state index in [9.17, 15) is 8.78 Å². The van der Waals surface area contributed by atoms with Crippen LogP contribution in [-0.2, 0) is 6.42 Å². The molecule has 86 valence electrons. The molecule has 0 aliphatic carbocycles. The third-order valence-corrected chi connectivity index (χ3v) is 3.16. The Morgan fingerprint density at radius 3 is 2.82 bits per heavy atom. The molecule has 0 saturated carbocycles. The van der Waals surface area contributed by atoms with Crippen LogP contribution < -0.4 is 0 Å². The standard InChI is InChI=1S/C12H8F2N2S/c1-7-4-10(14)8(5-9(7)13)11-6-17-12(16-11)2-3-15/h4-6H,2H2,1H3. The molecule has 0 amide bonds. The van der Waals surface area contributed by atoms with Gasteiger partial charge in [-0.25, -0.2) is 13.8 Å². The van der Waals surface area contributed by atoms with Crippen molar-refractivity contribution in [2.75, 3.05) is 0 Å². The minimum absolute atomic E-state index is 0.133. The molecule has 2 rings (SSSR count). The number of aryl methyl sites for hydroxylation is 1. The van der Waals surface area contributed by atoms with Crippen molar-refractivity contribution in [1.29, 1.82) is 5.26 Å². The Balaban J connectivity index is 2.46. The molecule has 0 unspecified atom stereocenters. The molecule has 0 spiro atoms. The number of thiazole rings is 1. The third-order valence-electron chi connectivity index (χ3n) is 2.31. The lowest BCUT2D eigenvalue weighted by molar-refractivity contribution is 0.595. The van der Waals surface area contributed by atoms with Crippen LogP contribution in [0.1, 0.15) is 10.6 Å². The van der Waals surface area contributed by atoms with Gasteiger partial charge >= 0.3 is 0 Å². The van der Waals surface area contributed by atoms with Gasteiger partial charge in [-0.15, -0.1) is 11.3 Å². The van der Waals surface area contributed by atoms with E-state index >= 15 is 0 Å². The Labute approximate surface area is 101 Å². The Morgan fingerprint density at radius 2 is 2.12 bits per heavy atom. The van der Waals surface area contributed by atoms with Crippen LogP contribution in [-0.4, -0.2) is 4.98 Å². The molecule has 2 aromatic rings. The number of nitriles is 1. The predicted octanol–water partition coefficient (Wildman–Crippen LogP) is 3.46. The Hall–Kier alpha value is -1.80. The second kappa shape index (κ2) is 4.60. The van der Waals surface area contributed by atoms with E-state index in [0.717, 1.165) is 12.1 Å². The van der Waals surface area contributed by atoms with Gasteiger partial charge in [-0.05, 0) is 24.6 Å². The van der Waals surface area contributed by atoms with Gasteiger partial charge in [0.05, 0.1) is 18.2 Å². The molecule has 17 heavy (non-hydrogen) atoms. The number of hydrogen-bond donors (Lipinski definition) is 0. The smallest absolute Gasteiger partial charge is 0.133 e. The monoisotopic (exact) mass is 250 g/mol. The fourth-order valence-electron chi connectivity index (χ4n) is 1.43. The van der Waals surface area contributed by atoms with E-state index in [4.69, 9.17) is 5.26 Å². The quantitative estimate of drug-likeness (QED) is 0.818. The van der Waals surface area contributed by atoms with Gasteiger partial charge in [0.15, 0.2) is 0 Å². The highest BCUT2D eigenvalue weighted by Gasteiger charge is 2.12. The van der Waals surface area contributed by atoms with Crippen molar-refractivity contribution in [2.24, 2.45) is 0 Å². The molecule has 0 aliphatic rings. The van der Waals surface area contributed by atoms with E-state index in [1.54, 1.807) is 5.38 Å². The second-order valence-corrected chi connectivity index (χ2v) is 4.49. The van der Waals surface area contributed by atoms with Gasteiger partial charge in [0.2, 0.25) is 0 Å². The predicted molar refractivity (Wildman–Crippen MR) is 61.5 cm³/mol. The van der Waals surface area contributed by atoms with Crippen LogP contribution in [0.15, 0.2) is 17.5 Å². The number of benzene rings is 1. The van der Waals surface area contributed by atoms with E-state index < -0.39 is 11.6 Å². The topological polar surface area (TPSA) is 36.7 Å².